The van der Waals surface area contributed by atoms with E-state index in [2.05, 4.69) is 60.6 Å². The molecule has 0 radical (unpaired) electrons. The highest BCUT2D eigenvalue weighted by Crippen LogP contribution is 2.35. The standard InChI is InChI=1S/C29H41N7O2/c1-10-34(8)28-23-12-11-18(2)24-13-25(30-14-19(24)3)27-22(6)31-35(9)29(27)38-21(5)15-33(7)16-26(23)36(32-28)20(4)17-37/h11-14,20-21,37H,2,10,15-17H2,1,3-9H3/b12-11+. The zero-order chi connectivity index (χ0) is 27.7. The molecule has 0 spiro atoms. The Balaban J connectivity index is 1.92. The van der Waals surface area contributed by atoms with E-state index in [1.165, 1.54) is 0 Å². The fraction of sp³-hybridized carbons (Fsp3) is 0.483. The monoisotopic (exact) mass is 519 g/mol. The van der Waals surface area contributed by atoms with Gasteiger partial charge in [-0.15, -0.1) is 0 Å². The van der Waals surface area contributed by atoms with Crippen molar-refractivity contribution in [2.45, 2.75) is 53.3 Å². The van der Waals surface area contributed by atoms with E-state index >= 15 is 0 Å². The number of hydrogen-bond donors (Lipinski definition) is 1. The molecule has 1 aliphatic rings. The summed E-state index contributed by atoms with van der Waals surface area (Å²) >= 11 is 0. The van der Waals surface area contributed by atoms with Crippen LogP contribution in [0.2, 0.25) is 0 Å². The fourth-order valence-corrected chi connectivity index (χ4v) is 5.00. The van der Waals surface area contributed by atoms with Gasteiger partial charge in [-0.25, -0.2) is 4.68 Å². The van der Waals surface area contributed by atoms with Gasteiger partial charge in [0.05, 0.1) is 35.3 Å². The Hall–Kier alpha value is -3.43. The summed E-state index contributed by atoms with van der Waals surface area (Å²) in [6, 6.07) is 1.92. The number of pyridine rings is 1. The van der Waals surface area contributed by atoms with Gasteiger partial charge < -0.3 is 14.7 Å². The number of allylic oxidation sites excluding steroid dienone is 2. The summed E-state index contributed by atoms with van der Waals surface area (Å²) in [6.45, 7) is 16.8. The second kappa shape index (κ2) is 11.1. The first-order valence-corrected chi connectivity index (χ1v) is 13.2. The Bertz CT molecular complexity index is 1350. The topological polar surface area (TPSA) is 84.5 Å². The van der Waals surface area contributed by atoms with Gasteiger partial charge in [-0.2, -0.15) is 10.2 Å². The van der Waals surface area contributed by atoms with E-state index in [-0.39, 0.29) is 18.8 Å². The molecule has 3 aromatic rings. The maximum Gasteiger partial charge on any atom is 0.221 e. The number of aryl methyl sites for hydroxylation is 3. The number of ether oxygens (including phenoxy) is 1. The quantitative estimate of drug-likeness (QED) is 0.552. The van der Waals surface area contributed by atoms with Crippen LogP contribution < -0.4 is 9.64 Å². The van der Waals surface area contributed by atoms with Crippen molar-refractivity contribution in [2.75, 3.05) is 38.7 Å². The number of likely N-dealkylation sites (N-methyl/N-ethyl adjacent to an activating group) is 1. The molecular formula is C29H41N7O2. The zero-order valence-electron chi connectivity index (χ0n) is 24.0. The van der Waals surface area contributed by atoms with Crippen molar-refractivity contribution in [3.05, 3.63) is 53.0 Å². The summed E-state index contributed by atoms with van der Waals surface area (Å²) in [7, 11) is 6.03. The average molecular weight is 520 g/mol. The second-order valence-electron chi connectivity index (χ2n) is 10.4. The molecule has 38 heavy (non-hydrogen) atoms. The third-order valence-corrected chi connectivity index (χ3v) is 7.18. The van der Waals surface area contributed by atoms with Crippen LogP contribution in [0.25, 0.3) is 22.9 Å². The minimum atomic E-state index is -0.159. The molecule has 4 heterocycles. The van der Waals surface area contributed by atoms with Gasteiger partial charge in [0.1, 0.15) is 6.10 Å². The molecule has 0 fully saturated rings. The predicted octanol–water partition coefficient (Wildman–Crippen LogP) is 4.24. The van der Waals surface area contributed by atoms with Crippen LogP contribution in [-0.4, -0.2) is 74.4 Å². The van der Waals surface area contributed by atoms with Crippen LogP contribution >= 0.6 is 0 Å². The molecule has 204 valence electrons. The van der Waals surface area contributed by atoms with Gasteiger partial charge >= 0.3 is 0 Å². The number of anilines is 1. The van der Waals surface area contributed by atoms with Crippen LogP contribution in [0.3, 0.4) is 0 Å². The van der Waals surface area contributed by atoms with E-state index in [1.54, 1.807) is 4.68 Å². The van der Waals surface area contributed by atoms with Gasteiger partial charge in [-0.05, 0) is 70.5 Å². The van der Waals surface area contributed by atoms with Crippen molar-refractivity contribution in [3.8, 4) is 17.1 Å². The fourth-order valence-electron chi connectivity index (χ4n) is 5.00. The Kier molecular flexibility index (Phi) is 8.08. The number of aliphatic hydroxyl groups is 1. The largest absolute Gasteiger partial charge is 0.473 e. The van der Waals surface area contributed by atoms with Crippen LogP contribution in [0.4, 0.5) is 5.82 Å². The number of rotatable bonds is 4. The molecule has 1 N–H and O–H groups in total. The first kappa shape index (κ1) is 27.6. The lowest BCUT2D eigenvalue weighted by Gasteiger charge is -2.24. The molecule has 0 saturated heterocycles. The number of aliphatic hydroxyl groups excluding tert-OH is 1. The number of nitrogens with zero attached hydrogens (tertiary/aromatic N) is 7. The van der Waals surface area contributed by atoms with Gasteiger partial charge in [0.25, 0.3) is 0 Å². The zero-order valence-corrected chi connectivity index (χ0v) is 24.0. The molecule has 0 saturated carbocycles. The highest BCUT2D eigenvalue weighted by Gasteiger charge is 2.25. The molecular weight excluding hydrogens is 478 g/mol. The molecule has 0 amide bonds. The number of hydrogen-bond acceptors (Lipinski definition) is 7. The van der Waals surface area contributed by atoms with Gasteiger partial charge in [0, 0.05) is 45.5 Å². The highest BCUT2D eigenvalue weighted by atomic mass is 16.5. The first-order chi connectivity index (χ1) is 18.0. The molecule has 9 heteroatoms. The van der Waals surface area contributed by atoms with E-state index in [0.717, 1.165) is 57.3 Å². The molecule has 2 unspecified atom stereocenters. The van der Waals surface area contributed by atoms with E-state index in [9.17, 15) is 5.11 Å². The SMILES string of the molecule is C=C1/C=C/c2c(N(C)CC)nn(C(C)CO)c2CN(C)CC(C)Oc2c(c(C)nn2C)-c2cc1c(C)cn2. The molecule has 2 atom stereocenters. The van der Waals surface area contributed by atoms with E-state index in [1.807, 2.05) is 45.7 Å². The molecule has 0 aliphatic carbocycles. The minimum absolute atomic E-state index is 0.00462. The van der Waals surface area contributed by atoms with E-state index in [4.69, 9.17) is 14.8 Å². The number of fused-ring (bicyclic) bond motifs is 5. The highest BCUT2D eigenvalue weighted by molar-refractivity contribution is 5.83. The normalized spacial score (nSPS) is 18.1. The third-order valence-electron chi connectivity index (χ3n) is 7.18. The van der Waals surface area contributed by atoms with Crippen molar-refractivity contribution in [1.82, 2.24) is 29.4 Å². The van der Waals surface area contributed by atoms with Gasteiger partial charge in [0.2, 0.25) is 5.88 Å². The third kappa shape index (κ3) is 5.26. The first-order valence-electron chi connectivity index (χ1n) is 13.2. The summed E-state index contributed by atoms with van der Waals surface area (Å²) in [4.78, 5) is 9.12. The predicted molar refractivity (Wildman–Crippen MR) is 153 cm³/mol. The second-order valence-corrected chi connectivity index (χ2v) is 10.4. The lowest BCUT2D eigenvalue weighted by molar-refractivity contribution is 0.145. The Morgan fingerprint density at radius 1 is 1.24 bits per heavy atom. The molecule has 2 bridgehead atoms. The minimum Gasteiger partial charge on any atom is -0.473 e. The summed E-state index contributed by atoms with van der Waals surface area (Å²) in [5, 5.41) is 19.6. The molecule has 9 nitrogen and oxygen atoms in total. The van der Waals surface area contributed by atoms with Gasteiger partial charge in [-0.3, -0.25) is 14.6 Å². The average Bonchev–Trinajstić information content (AvgIpc) is 3.37. The maximum atomic E-state index is 10.0. The van der Waals surface area contributed by atoms with Crippen LogP contribution in [0, 0.1) is 13.8 Å². The van der Waals surface area contributed by atoms with Gasteiger partial charge in [0.15, 0.2) is 5.82 Å². The summed E-state index contributed by atoms with van der Waals surface area (Å²) < 4.78 is 10.3. The number of aromatic nitrogens is 5. The van der Waals surface area contributed by atoms with Crippen LogP contribution in [0.5, 0.6) is 5.88 Å². The lowest BCUT2D eigenvalue weighted by Crippen LogP contribution is -2.32. The van der Waals surface area contributed by atoms with Crippen molar-refractivity contribution in [1.29, 1.82) is 0 Å². The lowest BCUT2D eigenvalue weighted by atomic mass is 9.99. The molecule has 1 aliphatic heterocycles. The van der Waals surface area contributed by atoms with Crippen LogP contribution in [0.1, 0.15) is 54.9 Å². The maximum absolute atomic E-state index is 10.0. The molecule has 0 aromatic carbocycles. The van der Waals surface area contributed by atoms with E-state index in [0.29, 0.717) is 19.0 Å². The van der Waals surface area contributed by atoms with Crippen molar-refractivity contribution in [2.24, 2.45) is 7.05 Å². The smallest absolute Gasteiger partial charge is 0.221 e. The summed E-state index contributed by atoms with van der Waals surface area (Å²) in [5.74, 6) is 1.59. The Labute approximate surface area is 226 Å². The van der Waals surface area contributed by atoms with Gasteiger partial charge in [-0.1, -0.05) is 12.7 Å². The molecule has 4 rings (SSSR count). The molecule has 3 aromatic heterocycles. The van der Waals surface area contributed by atoms with E-state index < -0.39 is 0 Å². The van der Waals surface area contributed by atoms with Crippen molar-refractivity contribution < 1.29 is 9.84 Å². The van der Waals surface area contributed by atoms with Crippen LogP contribution in [0.15, 0.2) is 24.9 Å². The van der Waals surface area contributed by atoms with Crippen molar-refractivity contribution >= 4 is 17.5 Å². The van der Waals surface area contributed by atoms with Crippen LogP contribution in [-0.2, 0) is 13.6 Å². The summed E-state index contributed by atoms with van der Waals surface area (Å²) in [6.07, 6.45) is 5.95. The Morgan fingerprint density at radius 2 is 1.97 bits per heavy atom. The Morgan fingerprint density at radius 3 is 2.66 bits per heavy atom. The van der Waals surface area contributed by atoms with Crippen molar-refractivity contribution in [3.63, 3.8) is 0 Å². The summed E-state index contributed by atoms with van der Waals surface area (Å²) in [5.41, 5.74) is 7.59.